The lowest BCUT2D eigenvalue weighted by molar-refractivity contribution is 0.657. The second kappa shape index (κ2) is 5.52. The third-order valence-corrected chi connectivity index (χ3v) is 3.58. The van der Waals surface area contributed by atoms with Gasteiger partial charge < -0.3 is 10.6 Å². The van der Waals surface area contributed by atoms with Gasteiger partial charge in [0.25, 0.3) is 0 Å². The zero-order valence-electron chi connectivity index (χ0n) is 9.63. The largest absolute Gasteiger partial charge is 0.368 e. The Balaban J connectivity index is 2.97. The Morgan fingerprint density at radius 1 is 1.47 bits per heavy atom. The van der Waals surface area contributed by atoms with E-state index in [-0.39, 0.29) is 0 Å². The highest BCUT2D eigenvalue weighted by atomic mass is 79.9. The van der Waals surface area contributed by atoms with Gasteiger partial charge in [-0.05, 0) is 44.5 Å². The van der Waals surface area contributed by atoms with E-state index in [0.717, 1.165) is 11.0 Å². The Labute approximate surface area is 101 Å². The summed E-state index contributed by atoms with van der Waals surface area (Å²) in [6.45, 7) is 8.08. The van der Waals surface area contributed by atoms with Crippen LogP contribution in [0, 0.1) is 6.92 Å². The summed E-state index contributed by atoms with van der Waals surface area (Å²) in [5, 5.41) is 0. The molecule has 1 atom stereocenters. The molecule has 0 spiro atoms. The molecule has 0 amide bonds. The molecule has 84 valence electrons. The van der Waals surface area contributed by atoms with Gasteiger partial charge in [0, 0.05) is 29.3 Å². The minimum atomic E-state index is 0.385. The fourth-order valence-corrected chi connectivity index (χ4v) is 1.93. The van der Waals surface area contributed by atoms with Gasteiger partial charge in [0.1, 0.15) is 0 Å². The van der Waals surface area contributed by atoms with Crippen LogP contribution in [0.3, 0.4) is 0 Å². The van der Waals surface area contributed by atoms with Crippen LogP contribution >= 0.6 is 15.9 Å². The second-order valence-electron chi connectivity index (χ2n) is 3.80. The molecule has 1 aromatic rings. The molecule has 1 aromatic carbocycles. The van der Waals surface area contributed by atoms with Gasteiger partial charge in [0.05, 0.1) is 0 Å². The Morgan fingerprint density at radius 2 is 2.13 bits per heavy atom. The van der Waals surface area contributed by atoms with E-state index in [1.165, 1.54) is 11.3 Å². The molecule has 0 aliphatic rings. The molecule has 1 unspecified atom stereocenters. The highest BCUT2D eigenvalue weighted by Crippen LogP contribution is 2.23. The number of anilines is 1. The van der Waals surface area contributed by atoms with E-state index in [2.05, 4.69) is 59.8 Å². The number of halogens is 1. The topological polar surface area (TPSA) is 29.3 Å². The Kier molecular flexibility index (Phi) is 4.61. The van der Waals surface area contributed by atoms with Crippen molar-refractivity contribution in [3.05, 3.63) is 28.2 Å². The Bertz CT molecular complexity index is 325. The molecule has 0 bridgehead atoms. The SMILES string of the molecule is CCN(c1ccc(Br)c(C)c1)C(C)CN. The van der Waals surface area contributed by atoms with E-state index in [1.807, 2.05) is 0 Å². The van der Waals surface area contributed by atoms with Crippen molar-refractivity contribution in [3.63, 3.8) is 0 Å². The van der Waals surface area contributed by atoms with Gasteiger partial charge in [-0.25, -0.2) is 0 Å². The molecule has 0 saturated carbocycles. The fourth-order valence-electron chi connectivity index (χ4n) is 1.68. The molecule has 0 fully saturated rings. The zero-order valence-corrected chi connectivity index (χ0v) is 11.2. The first kappa shape index (κ1) is 12.5. The monoisotopic (exact) mass is 270 g/mol. The molecule has 1 rings (SSSR count). The van der Waals surface area contributed by atoms with Crippen molar-refractivity contribution < 1.29 is 0 Å². The van der Waals surface area contributed by atoms with Crippen LogP contribution in [0.2, 0.25) is 0 Å². The quantitative estimate of drug-likeness (QED) is 0.912. The van der Waals surface area contributed by atoms with Crippen molar-refractivity contribution in [2.45, 2.75) is 26.8 Å². The average Bonchev–Trinajstić information content (AvgIpc) is 2.24. The van der Waals surface area contributed by atoms with Crippen LogP contribution in [0.4, 0.5) is 5.69 Å². The van der Waals surface area contributed by atoms with Crippen LogP contribution in [-0.2, 0) is 0 Å². The second-order valence-corrected chi connectivity index (χ2v) is 4.66. The first-order valence-corrected chi connectivity index (χ1v) is 6.12. The Hall–Kier alpha value is -0.540. The molecule has 0 radical (unpaired) electrons. The van der Waals surface area contributed by atoms with Crippen LogP contribution in [-0.4, -0.2) is 19.1 Å². The van der Waals surface area contributed by atoms with Crippen LogP contribution in [0.25, 0.3) is 0 Å². The lowest BCUT2D eigenvalue weighted by Crippen LogP contribution is -2.38. The number of nitrogens with two attached hydrogens (primary N) is 1. The van der Waals surface area contributed by atoms with E-state index >= 15 is 0 Å². The van der Waals surface area contributed by atoms with Gasteiger partial charge in [-0.3, -0.25) is 0 Å². The fraction of sp³-hybridized carbons (Fsp3) is 0.500. The van der Waals surface area contributed by atoms with E-state index < -0.39 is 0 Å². The van der Waals surface area contributed by atoms with Crippen molar-refractivity contribution in [2.24, 2.45) is 5.73 Å². The highest BCUT2D eigenvalue weighted by molar-refractivity contribution is 9.10. The summed E-state index contributed by atoms with van der Waals surface area (Å²) in [4.78, 5) is 2.32. The van der Waals surface area contributed by atoms with Gasteiger partial charge in [-0.15, -0.1) is 0 Å². The molecular weight excluding hydrogens is 252 g/mol. The van der Waals surface area contributed by atoms with Crippen molar-refractivity contribution >= 4 is 21.6 Å². The smallest absolute Gasteiger partial charge is 0.0383 e. The molecule has 3 heteroatoms. The summed E-state index contributed by atoms with van der Waals surface area (Å²) in [6, 6.07) is 6.80. The number of likely N-dealkylation sites (N-methyl/N-ethyl adjacent to an activating group) is 1. The first-order chi connectivity index (χ1) is 7.10. The van der Waals surface area contributed by atoms with Crippen LogP contribution in [0.15, 0.2) is 22.7 Å². The molecule has 2 nitrogen and oxygen atoms in total. The maximum absolute atomic E-state index is 5.70. The van der Waals surface area contributed by atoms with E-state index in [1.54, 1.807) is 0 Å². The number of hydrogen-bond acceptors (Lipinski definition) is 2. The minimum Gasteiger partial charge on any atom is -0.368 e. The van der Waals surface area contributed by atoms with Crippen LogP contribution in [0.1, 0.15) is 19.4 Å². The predicted molar refractivity (Wildman–Crippen MR) is 70.4 cm³/mol. The number of aryl methyl sites for hydroxylation is 1. The molecule has 15 heavy (non-hydrogen) atoms. The summed E-state index contributed by atoms with van der Waals surface area (Å²) < 4.78 is 1.16. The van der Waals surface area contributed by atoms with Crippen LogP contribution in [0.5, 0.6) is 0 Å². The number of rotatable bonds is 4. The number of benzene rings is 1. The van der Waals surface area contributed by atoms with E-state index in [4.69, 9.17) is 5.73 Å². The van der Waals surface area contributed by atoms with E-state index in [0.29, 0.717) is 12.6 Å². The van der Waals surface area contributed by atoms with Crippen molar-refractivity contribution in [3.8, 4) is 0 Å². The maximum Gasteiger partial charge on any atom is 0.0383 e. The molecule has 0 aromatic heterocycles. The van der Waals surface area contributed by atoms with Crippen molar-refractivity contribution in [1.29, 1.82) is 0 Å². The zero-order chi connectivity index (χ0) is 11.4. The molecule has 0 aliphatic carbocycles. The molecule has 0 heterocycles. The third kappa shape index (κ3) is 2.95. The maximum atomic E-state index is 5.70. The predicted octanol–water partition coefficient (Wildman–Crippen LogP) is 2.93. The molecular formula is C12H19BrN2. The van der Waals surface area contributed by atoms with Crippen LogP contribution < -0.4 is 10.6 Å². The lowest BCUT2D eigenvalue weighted by Gasteiger charge is -2.29. The van der Waals surface area contributed by atoms with Crippen molar-refractivity contribution in [2.75, 3.05) is 18.0 Å². The average molecular weight is 271 g/mol. The summed E-state index contributed by atoms with van der Waals surface area (Å²) in [6.07, 6.45) is 0. The minimum absolute atomic E-state index is 0.385. The Morgan fingerprint density at radius 3 is 2.60 bits per heavy atom. The standard InChI is InChI=1S/C12H19BrN2/c1-4-15(10(3)8-14)11-5-6-12(13)9(2)7-11/h5-7,10H,4,8,14H2,1-3H3. The van der Waals surface area contributed by atoms with Gasteiger partial charge in [-0.2, -0.15) is 0 Å². The third-order valence-electron chi connectivity index (χ3n) is 2.69. The highest BCUT2D eigenvalue weighted by Gasteiger charge is 2.11. The summed E-state index contributed by atoms with van der Waals surface area (Å²) >= 11 is 3.51. The summed E-state index contributed by atoms with van der Waals surface area (Å²) in [5.41, 5.74) is 8.21. The van der Waals surface area contributed by atoms with Gasteiger partial charge in [0.15, 0.2) is 0 Å². The number of nitrogens with zero attached hydrogens (tertiary/aromatic N) is 1. The molecule has 2 N–H and O–H groups in total. The number of hydrogen-bond donors (Lipinski definition) is 1. The lowest BCUT2D eigenvalue weighted by atomic mass is 10.1. The van der Waals surface area contributed by atoms with Gasteiger partial charge in [-0.1, -0.05) is 15.9 Å². The molecule has 0 saturated heterocycles. The normalized spacial score (nSPS) is 12.6. The van der Waals surface area contributed by atoms with Crippen molar-refractivity contribution in [1.82, 2.24) is 0 Å². The first-order valence-electron chi connectivity index (χ1n) is 5.33. The summed E-state index contributed by atoms with van der Waals surface area (Å²) in [7, 11) is 0. The van der Waals surface area contributed by atoms with Gasteiger partial charge in [0.2, 0.25) is 0 Å². The summed E-state index contributed by atoms with van der Waals surface area (Å²) in [5.74, 6) is 0. The molecule has 0 aliphatic heterocycles. The van der Waals surface area contributed by atoms with Gasteiger partial charge >= 0.3 is 0 Å². The van der Waals surface area contributed by atoms with E-state index in [9.17, 15) is 0 Å².